The predicted molar refractivity (Wildman–Crippen MR) is 78.4 cm³/mol. The van der Waals surface area contributed by atoms with Gasteiger partial charge in [-0.15, -0.1) is 5.10 Å². The molecule has 0 aliphatic carbocycles. The maximum Gasteiger partial charge on any atom is 0.233 e. The Morgan fingerprint density at radius 1 is 1.05 bits per heavy atom. The molecule has 102 valence electrons. The van der Waals surface area contributed by atoms with E-state index in [-0.39, 0.29) is 5.41 Å². The van der Waals surface area contributed by atoms with Crippen molar-refractivity contribution in [3.05, 3.63) is 35.4 Å². The van der Waals surface area contributed by atoms with Crippen LogP contribution in [0.4, 0.5) is 0 Å². The molecule has 0 unspecified atom stereocenters. The van der Waals surface area contributed by atoms with Crippen LogP contribution in [0.2, 0.25) is 0 Å². The van der Waals surface area contributed by atoms with Crippen LogP contribution in [-0.2, 0) is 0 Å². The van der Waals surface area contributed by atoms with Gasteiger partial charge in [0.05, 0.1) is 12.3 Å². The van der Waals surface area contributed by atoms with Gasteiger partial charge in [0.1, 0.15) is 0 Å². The number of nitrogens with one attached hydrogen (secondary N) is 1. The molecule has 1 aromatic carbocycles. The fraction of sp³-hybridized carbons (Fsp3) is 0.438. The molecule has 0 aliphatic rings. The van der Waals surface area contributed by atoms with Gasteiger partial charge in [-0.25, -0.2) is 0 Å². The van der Waals surface area contributed by atoms with E-state index in [2.05, 4.69) is 63.0 Å². The molecule has 0 saturated carbocycles. The highest BCUT2D eigenvalue weighted by Gasteiger charge is 2.13. The van der Waals surface area contributed by atoms with Crippen molar-refractivity contribution in [2.75, 3.05) is 6.61 Å². The summed E-state index contributed by atoms with van der Waals surface area (Å²) < 4.78 is 5.69. The molecule has 0 saturated heterocycles. The van der Waals surface area contributed by atoms with Crippen molar-refractivity contribution in [2.24, 2.45) is 5.41 Å². The summed E-state index contributed by atoms with van der Waals surface area (Å²) in [6.07, 6.45) is 0. The summed E-state index contributed by atoms with van der Waals surface area (Å²) in [5.74, 6) is 0.657. The van der Waals surface area contributed by atoms with E-state index in [0.29, 0.717) is 12.5 Å². The minimum atomic E-state index is 0.138. The van der Waals surface area contributed by atoms with Gasteiger partial charge in [-0.1, -0.05) is 38.0 Å². The zero-order chi connectivity index (χ0) is 14.0. The highest BCUT2D eigenvalue weighted by Crippen LogP contribution is 2.24. The number of aromatic amines is 1. The predicted octanol–water partition coefficient (Wildman–Crippen LogP) is 4.12. The summed E-state index contributed by atoms with van der Waals surface area (Å²) in [4.78, 5) is 0. The lowest BCUT2D eigenvalue weighted by Gasteiger charge is -2.17. The van der Waals surface area contributed by atoms with Crippen molar-refractivity contribution in [2.45, 2.75) is 34.6 Å². The van der Waals surface area contributed by atoms with Gasteiger partial charge in [0.2, 0.25) is 5.88 Å². The molecule has 19 heavy (non-hydrogen) atoms. The third-order valence-corrected chi connectivity index (χ3v) is 2.74. The van der Waals surface area contributed by atoms with Crippen molar-refractivity contribution >= 4 is 0 Å². The number of nitrogens with zero attached hydrogens (tertiary/aromatic N) is 1. The lowest BCUT2D eigenvalue weighted by molar-refractivity contribution is 0.191. The zero-order valence-electron chi connectivity index (χ0n) is 12.4. The number of aryl methyl sites for hydroxylation is 2. The first-order valence-electron chi connectivity index (χ1n) is 6.60. The summed E-state index contributed by atoms with van der Waals surface area (Å²) in [5.41, 5.74) is 4.79. The molecule has 0 radical (unpaired) electrons. The average Bonchev–Trinajstić information content (AvgIpc) is 2.72. The number of rotatable bonds is 3. The Bertz CT molecular complexity index is 544. The third-order valence-electron chi connectivity index (χ3n) is 2.74. The van der Waals surface area contributed by atoms with Crippen LogP contribution < -0.4 is 4.74 Å². The SMILES string of the molecule is Cc1cc(C)cc(-c2cc(OCC(C)(C)C)n[nH]2)c1. The summed E-state index contributed by atoms with van der Waals surface area (Å²) in [7, 11) is 0. The second-order valence-electron chi connectivity index (χ2n) is 6.35. The van der Waals surface area contributed by atoms with E-state index in [1.54, 1.807) is 0 Å². The number of H-pyrrole nitrogens is 1. The molecular formula is C16H22N2O. The molecule has 0 atom stereocenters. The van der Waals surface area contributed by atoms with Crippen LogP contribution in [0.5, 0.6) is 5.88 Å². The highest BCUT2D eigenvalue weighted by molar-refractivity contribution is 5.62. The van der Waals surface area contributed by atoms with Crippen LogP contribution in [0.15, 0.2) is 24.3 Å². The Hall–Kier alpha value is -1.77. The van der Waals surface area contributed by atoms with E-state index >= 15 is 0 Å². The lowest BCUT2D eigenvalue weighted by Crippen LogP contribution is -2.16. The molecule has 1 aromatic heterocycles. The molecule has 0 bridgehead atoms. The monoisotopic (exact) mass is 258 g/mol. The second kappa shape index (κ2) is 5.08. The van der Waals surface area contributed by atoms with E-state index in [1.165, 1.54) is 11.1 Å². The second-order valence-corrected chi connectivity index (χ2v) is 6.35. The Morgan fingerprint density at radius 3 is 2.26 bits per heavy atom. The van der Waals surface area contributed by atoms with Crippen LogP contribution in [0.1, 0.15) is 31.9 Å². The fourth-order valence-electron chi connectivity index (χ4n) is 1.95. The molecule has 3 nitrogen and oxygen atoms in total. The molecule has 0 amide bonds. The quantitative estimate of drug-likeness (QED) is 0.899. The molecule has 2 rings (SSSR count). The average molecular weight is 258 g/mol. The van der Waals surface area contributed by atoms with E-state index in [1.807, 2.05) is 6.07 Å². The topological polar surface area (TPSA) is 37.9 Å². The van der Waals surface area contributed by atoms with Crippen LogP contribution in [0.25, 0.3) is 11.3 Å². The smallest absolute Gasteiger partial charge is 0.233 e. The molecule has 3 heteroatoms. The fourth-order valence-corrected chi connectivity index (χ4v) is 1.95. The number of hydrogen-bond donors (Lipinski definition) is 1. The summed E-state index contributed by atoms with van der Waals surface area (Å²) >= 11 is 0. The first-order chi connectivity index (χ1) is 8.83. The van der Waals surface area contributed by atoms with Gasteiger partial charge in [-0.2, -0.15) is 0 Å². The molecule has 1 N–H and O–H groups in total. The normalized spacial score (nSPS) is 11.6. The summed E-state index contributed by atoms with van der Waals surface area (Å²) in [6, 6.07) is 8.42. The largest absolute Gasteiger partial charge is 0.476 e. The molecule has 0 spiro atoms. The zero-order valence-corrected chi connectivity index (χ0v) is 12.4. The Kier molecular flexibility index (Phi) is 3.65. The summed E-state index contributed by atoms with van der Waals surface area (Å²) in [6.45, 7) is 11.3. The van der Waals surface area contributed by atoms with Crippen LogP contribution in [0.3, 0.4) is 0 Å². The van der Waals surface area contributed by atoms with E-state index in [4.69, 9.17) is 4.74 Å². The van der Waals surface area contributed by atoms with Crippen molar-refractivity contribution in [1.82, 2.24) is 10.2 Å². The van der Waals surface area contributed by atoms with E-state index in [0.717, 1.165) is 11.3 Å². The molecule has 0 aliphatic heterocycles. The van der Waals surface area contributed by atoms with Gasteiger partial charge in [0, 0.05) is 11.6 Å². The first-order valence-corrected chi connectivity index (χ1v) is 6.60. The van der Waals surface area contributed by atoms with Gasteiger partial charge in [0.15, 0.2) is 0 Å². The minimum absolute atomic E-state index is 0.138. The van der Waals surface area contributed by atoms with Crippen LogP contribution in [-0.4, -0.2) is 16.8 Å². The van der Waals surface area contributed by atoms with Gasteiger partial charge in [-0.3, -0.25) is 5.10 Å². The number of benzene rings is 1. The Balaban J connectivity index is 2.16. The number of ether oxygens (including phenoxy) is 1. The van der Waals surface area contributed by atoms with E-state index in [9.17, 15) is 0 Å². The third kappa shape index (κ3) is 3.85. The molecule has 2 aromatic rings. The van der Waals surface area contributed by atoms with Gasteiger partial charge < -0.3 is 4.74 Å². The Labute approximate surface area is 115 Å². The first kappa shape index (κ1) is 13.7. The maximum absolute atomic E-state index is 5.69. The standard InChI is InChI=1S/C16H22N2O/c1-11-6-12(2)8-13(7-11)14-9-15(18-17-14)19-10-16(3,4)5/h6-9H,10H2,1-5H3,(H,17,18). The summed E-state index contributed by atoms with van der Waals surface area (Å²) in [5, 5.41) is 7.25. The van der Waals surface area contributed by atoms with Crippen LogP contribution >= 0.6 is 0 Å². The van der Waals surface area contributed by atoms with Crippen LogP contribution in [0, 0.1) is 19.3 Å². The number of hydrogen-bond acceptors (Lipinski definition) is 2. The molecule has 1 heterocycles. The van der Waals surface area contributed by atoms with Crippen molar-refractivity contribution in [3.8, 4) is 17.1 Å². The molecule has 0 fully saturated rings. The van der Waals surface area contributed by atoms with Crippen molar-refractivity contribution < 1.29 is 4.74 Å². The van der Waals surface area contributed by atoms with Crippen molar-refractivity contribution in [3.63, 3.8) is 0 Å². The number of aromatic nitrogens is 2. The van der Waals surface area contributed by atoms with E-state index < -0.39 is 0 Å². The minimum Gasteiger partial charge on any atom is -0.476 e. The maximum atomic E-state index is 5.69. The Morgan fingerprint density at radius 2 is 1.68 bits per heavy atom. The van der Waals surface area contributed by atoms with Gasteiger partial charge >= 0.3 is 0 Å². The lowest BCUT2D eigenvalue weighted by atomic mass is 9.99. The van der Waals surface area contributed by atoms with Gasteiger partial charge in [-0.05, 0) is 31.4 Å². The molecular weight excluding hydrogens is 236 g/mol. The highest BCUT2D eigenvalue weighted by atomic mass is 16.5. The van der Waals surface area contributed by atoms with Crippen molar-refractivity contribution in [1.29, 1.82) is 0 Å². The van der Waals surface area contributed by atoms with Gasteiger partial charge in [0.25, 0.3) is 0 Å².